The number of aromatic nitrogens is 1. The van der Waals surface area contributed by atoms with Gasteiger partial charge in [0.1, 0.15) is 0 Å². The van der Waals surface area contributed by atoms with Gasteiger partial charge >= 0.3 is 0 Å². The quantitative estimate of drug-likeness (QED) is 0.748. The fourth-order valence-corrected chi connectivity index (χ4v) is 2.55. The van der Waals surface area contributed by atoms with E-state index in [0.29, 0.717) is 5.92 Å². The molecule has 112 valence electrons. The van der Waals surface area contributed by atoms with Crippen LogP contribution in [-0.2, 0) is 6.54 Å². The fourth-order valence-electron chi connectivity index (χ4n) is 2.55. The molecular weight excluding hydrogens is 246 g/mol. The van der Waals surface area contributed by atoms with Crippen LogP contribution in [-0.4, -0.2) is 24.6 Å². The van der Waals surface area contributed by atoms with Gasteiger partial charge in [-0.15, -0.1) is 0 Å². The van der Waals surface area contributed by atoms with Crippen molar-refractivity contribution in [3.05, 3.63) is 24.0 Å². The summed E-state index contributed by atoms with van der Waals surface area (Å²) in [6, 6.07) is 2.18. The fraction of sp³-hybridized carbons (Fsp3) is 0.706. The average molecular weight is 275 g/mol. The first kappa shape index (κ1) is 15.3. The molecule has 1 heterocycles. The predicted molar refractivity (Wildman–Crippen MR) is 86.0 cm³/mol. The van der Waals surface area contributed by atoms with Crippen molar-refractivity contribution >= 4 is 5.69 Å². The summed E-state index contributed by atoms with van der Waals surface area (Å²) in [6.07, 6.45) is 7.97. The van der Waals surface area contributed by atoms with Crippen LogP contribution >= 0.6 is 0 Å². The third kappa shape index (κ3) is 4.78. The van der Waals surface area contributed by atoms with Crippen LogP contribution in [0.1, 0.15) is 45.6 Å². The molecule has 0 aromatic carbocycles. The van der Waals surface area contributed by atoms with E-state index in [1.807, 2.05) is 12.4 Å². The Labute approximate surface area is 123 Å². The molecule has 0 radical (unpaired) electrons. The lowest BCUT2D eigenvalue weighted by Gasteiger charge is -2.27. The predicted octanol–water partition coefficient (Wildman–Crippen LogP) is 3.45. The first-order chi connectivity index (χ1) is 9.70. The Morgan fingerprint density at radius 3 is 2.85 bits per heavy atom. The number of anilines is 1. The highest BCUT2D eigenvalue weighted by Gasteiger charge is 2.25. The molecule has 1 aliphatic carbocycles. The van der Waals surface area contributed by atoms with Crippen molar-refractivity contribution in [1.82, 2.24) is 10.3 Å². The van der Waals surface area contributed by atoms with E-state index in [1.165, 1.54) is 37.1 Å². The van der Waals surface area contributed by atoms with Crippen molar-refractivity contribution in [2.24, 2.45) is 11.8 Å². The smallest absolute Gasteiger partial charge is 0.0442 e. The lowest BCUT2D eigenvalue weighted by atomic mass is 10.1. The first-order valence-electron chi connectivity index (χ1n) is 8.09. The lowest BCUT2D eigenvalue weighted by molar-refractivity contribution is 0.551. The van der Waals surface area contributed by atoms with Gasteiger partial charge in [0.2, 0.25) is 0 Å². The molecule has 0 atom stereocenters. The summed E-state index contributed by atoms with van der Waals surface area (Å²) in [7, 11) is 0. The third-order valence-electron chi connectivity index (χ3n) is 3.76. The summed E-state index contributed by atoms with van der Waals surface area (Å²) < 4.78 is 0. The Hall–Kier alpha value is -1.09. The highest BCUT2D eigenvalue weighted by Crippen LogP contribution is 2.32. The molecule has 0 unspecified atom stereocenters. The van der Waals surface area contributed by atoms with E-state index in [1.54, 1.807) is 0 Å². The summed E-state index contributed by atoms with van der Waals surface area (Å²) in [6.45, 7) is 11.1. The van der Waals surface area contributed by atoms with E-state index >= 15 is 0 Å². The van der Waals surface area contributed by atoms with Crippen LogP contribution in [0.2, 0.25) is 0 Å². The van der Waals surface area contributed by atoms with Gasteiger partial charge in [-0.1, -0.05) is 20.8 Å². The molecular formula is C17H29N3. The standard InChI is InChI=1S/C17H29N3/c1-4-9-20(13-15-5-6-15)17-7-8-18-11-16(17)12-19-10-14(2)3/h7-8,11,14-15,19H,4-6,9-10,12-13H2,1-3H3. The molecule has 0 amide bonds. The van der Waals surface area contributed by atoms with Gasteiger partial charge in [-0.3, -0.25) is 4.98 Å². The van der Waals surface area contributed by atoms with Crippen LogP contribution in [0, 0.1) is 11.8 Å². The van der Waals surface area contributed by atoms with Gasteiger partial charge in [0.15, 0.2) is 0 Å². The summed E-state index contributed by atoms with van der Waals surface area (Å²) in [5.74, 6) is 1.61. The average Bonchev–Trinajstić information content (AvgIpc) is 3.22. The van der Waals surface area contributed by atoms with Crippen molar-refractivity contribution in [3.63, 3.8) is 0 Å². The Bertz CT molecular complexity index is 399. The minimum absolute atomic E-state index is 0.688. The van der Waals surface area contributed by atoms with Crippen LogP contribution in [0.4, 0.5) is 5.69 Å². The van der Waals surface area contributed by atoms with Crippen LogP contribution in [0.25, 0.3) is 0 Å². The molecule has 2 rings (SSSR count). The number of hydrogen-bond acceptors (Lipinski definition) is 3. The van der Waals surface area contributed by atoms with Crippen molar-refractivity contribution < 1.29 is 0 Å². The molecule has 1 aromatic heterocycles. The van der Waals surface area contributed by atoms with Crippen molar-refractivity contribution in [2.45, 2.75) is 46.6 Å². The molecule has 1 saturated carbocycles. The molecule has 0 bridgehead atoms. The van der Waals surface area contributed by atoms with E-state index in [9.17, 15) is 0 Å². The molecule has 1 aliphatic rings. The van der Waals surface area contributed by atoms with E-state index in [0.717, 1.165) is 25.6 Å². The summed E-state index contributed by atoms with van der Waals surface area (Å²) in [5, 5.41) is 3.54. The Balaban J connectivity index is 2.02. The maximum absolute atomic E-state index is 4.31. The molecule has 1 N–H and O–H groups in total. The van der Waals surface area contributed by atoms with Gasteiger partial charge in [0.25, 0.3) is 0 Å². The second-order valence-corrected chi connectivity index (χ2v) is 6.42. The van der Waals surface area contributed by atoms with E-state index in [-0.39, 0.29) is 0 Å². The lowest BCUT2D eigenvalue weighted by Crippen LogP contribution is -2.29. The normalized spacial score (nSPS) is 14.8. The van der Waals surface area contributed by atoms with E-state index < -0.39 is 0 Å². The SMILES string of the molecule is CCCN(CC1CC1)c1ccncc1CNCC(C)C. The highest BCUT2D eigenvalue weighted by molar-refractivity contribution is 5.52. The number of nitrogens with one attached hydrogen (secondary N) is 1. The third-order valence-corrected chi connectivity index (χ3v) is 3.76. The van der Waals surface area contributed by atoms with E-state index in [4.69, 9.17) is 0 Å². The van der Waals surface area contributed by atoms with Crippen LogP contribution in [0.15, 0.2) is 18.5 Å². The van der Waals surface area contributed by atoms with Gasteiger partial charge in [-0.05, 0) is 43.7 Å². The Morgan fingerprint density at radius 1 is 1.40 bits per heavy atom. The van der Waals surface area contributed by atoms with Crippen LogP contribution in [0.3, 0.4) is 0 Å². The first-order valence-corrected chi connectivity index (χ1v) is 8.09. The van der Waals surface area contributed by atoms with Gasteiger partial charge in [0.05, 0.1) is 0 Å². The number of rotatable bonds is 9. The molecule has 3 heteroatoms. The maximum atomic E-state index is 4.31. The molecule has 1 aromatic rings. The van der Waals surface area contributed by atoms with Crippen LogP contribution < -0.4 is 10.2 Å². The maximum Gasteiger partial charge on any atom is 0.0442 e. The van der Waals surface area contributed by atoms with E-state index in [2.05, 4.69) is 42.0 Å². The molecule has 0 spiro atoms. The molecule has 0 saturated heterocycles. The zero-order valence-corrected chi connectivity index (χ0v) is 13.2. The minimum Gasteiger partial charge on any atom is -0.371 e. The number of nitrogens with zero attached hydrogens (tertiary/aromatic N) is 2. The van der Waals surface area contributed by atoms with Crippen molar-refractivity contribution in [3.8, 4) is 0 Å². The topological polar surface area (TPSA) is 28.2 Å². The van der Waals surface area contributed by atoms with Crippen molar-refractivity contribution in [1.29, 1.82) is 0 Å². The Kier molecular flexibility index (Phi) is 5.84. The second-order valence-electron chi connectivity index (χ2n) is 6.42. The number of hydrogen-bond donors (Lipinski definition) is 1. The van der Waals surface area contributed by atoms with Crippen LogP contribution in [0.5, 0.6) is 0 Å². The summed E-state index contributed by atoms with van der Waals surface area (Å²) >= 11 is 0. The molecule has 20 heavy (non-hydrogen) atoms. The summed E-state index contributed by atoms with van der Waals surface area (Å²) in [5.41, 5.74) is 2.72. The van der Waals surface area contributed by atoms with Gasteiger partial charge < -0.3 is 10.2 Å². The number of pyridine rings is 1. The zero-order valence-electron chi connectivity index (χ0n) is 13.2. The molecule has 0 aliphatic heterocycles. The van der Waals surface area contributed by atoms with Gasteiger partial charge in [-0.25, -0.2) is 0 Å². The monoisotopic (exact) mass is 275 g/mol. The Morgan fingerprint density at radius 2 is 2.20 bits per heavy atom. The summed E-state index contributed by atoms with van der Waals surface area (Å²) in [4.78, 5) is 6.87. The molecule has 3 nitrogen and oxygen atoms in total. The minimum atomic E-state index is 0.688. The largest absolute Gasteiger partial charge is 0.371 e. The zero-order chi connectivity index (χ0) is 14.4. The highest BCUT2D eigenvalue weighted by atomic mass is 15.1. The van der Waals surface area contributed by atoms with Gasteiger partial charge in [-0.2, -0.15) is 0 Å². The second kappa shape index (κ2) is 7.63. The van der Waals surface area contributed by atoms with Gasteiger partial charge in [0, 0.05) is 43.3 Å². The molecule has 1 fully saturated rings. The van der Waals surface area contributed by atoms with Crippen molar-refractivity contribution in [2.75, 3.05) is 24.5 Å².